The van der Waals surface area contributed by atoms with Gasteiger partial charge in [0.25, 0.3) is 0 Å². The molecule has 0 saturated heterocycles. The minimum absolute atomic E-state index is 0.216. The fourth-order valence-corrected chi connectivity index (χ4v) is 5.12. The van der Waals surface area contributed by atoms with Crippen LogP contribution in [-0.4, -0.2) is 7.85 Å². The summed E-state index contributed by atoms with van der Waals surface area (Å²) in [6.07, 6.45) is 5.34. The van der Waals surface area contributed by atoms with Gasteiger partial charge in [0.05, 0.1) is 0 Å². The van der Waals surface area contributed by atoms with Crippen LogP contribution in [-0.2, 0) is 6.42 Å². The molecule has 0 aliphatic heterocycles. The maximum absolute atomic E-state index is 6.22. The Hall–Kier alpha value is -3.17. The van der Waals surface area contributed by atoms with Crippen LogP contribution in [0.3, 0.4) is 0 Å². The van der Waals surface area contributed by atoms with Crippen molar-refractivity contribution in [2.75, 3.05) is 5.73 Å². The number of rotatable bonds is 4. The average Bonchev–Trinajstić information content (AvgIpc) is 3.17. The van der Waals surface area contributed by atoms with Gasteiger partial charge in [0.2, 0.25) is 0 Å². The molecule has 4 aromatic carbocycles. The maximum atomic E-state index is 6.22. The number of hydrogen-bond acceptors (Lipinski definition) is 2. The normalized spacial score (nSPS) is 17.5. The molecule has 0 heterocycles. The van der Waals surface area contributed by atoms with E-state index in [9.17, 15) is 0 Å². The Morgan fingerprint density at radius 2 is 1.53 bits per heavy atom. The zero-order chi connectivity index (χ0) is 22.1. The molecule has 0 fully saturated rings. The van der Waals surface area contributed by atoms with Gasteiger partial charge in [0, 0.05) is 16.5 Å². The van der Waals surface area contributed by atoms with E-state index in [1.165, 1.54) is 33.4 Å². The van der Waals surface area contributed by atoms with E-state index in [1.54, 1.807) is 0 Å². The van der Waals surface area contributed by atoms with Gasteiger partial charge in [-0.25, -0.2) is 0 Å². The van der Waals surface area contributed by atoms with Gasteiger partial charge in [-0.15, -0.1) is 12.6 Å². The Morgan fingerprint density at radius 3 is 2.28 bits per heavy atom. The lowest BCUT2D eigenvalue weighted by Crippen LogP contribution is -2.12. The molecule has 0 bridgehead atoms. The second kappa shape index (κ2) is 8.76. The molecule has 2 unspecified atom stereocenters. The highest BCUT2D eigenvalue weighted by atomic mass is 32.1. The van der Waals surface area contributed by atoms with Crippen LogP contribution in [0.4, 0.5) is 5.69 Å². The standard InChI is InChI=1S/C29H24BNS/c30-24-15-23(16-26(32)18-24)29-27-14-20(7-6-19-4-2-1-3-5-19)8-9-22(27)17-28(29)21-10-12-25(31)13-11-21/h1-16,18,28-29,32H,17,31H2/b7-6+. The Bertz CT molecular complexity index is 1260. The van der Waals surface area contributed by atoms with Crippen molar-refractivity contribution in [1.82, 2.24) is 0 Å². The predicted molar refractivity (Wildman–Crippen MR) is 140 cm³/mol. The molecule has 3 heteroatoms. The van der Waals surface area contributed by atoms with Crippen LogP contribution in [0.15, 0.2) is 95.9 Å². The first-order chi connectivity index (χ1) is 15.6. The van der Waals surface area contributed by atoms with Crippen molar-refractivity contribution in [2.45, 2.75) is 23.2 Å². The number of hydrogen-bond donors (Lipinski definition) is 2. The fourth-order valence-electron chi connectivity index (χ4n) is 4.82. The zero-order valence-electron chi connectivity index (χ0n) is 17.8. The molecule has 4 aromatic rings. The predicted octanol–water partition coefficient (Wildman–Crippen LogP) is 5.99. The van der Waals surface area contributed by atoms with Crippen LogP contribution in [0.25, 0.3) is 12.2 Å². The fraction of sp³-hybridized carbons (Fsp3) is 0.103. The highest BCUT2D eigenvalue weighted by Crippen LogP contribution is 2.48. The first-order valence-corrected chi connectivity index (χ1v) is 11.3. The molecule has 1 aliphatic carbocycles. The summed E-state index contributed by atoms with van der Waals surface area (Å²) in [5.41, 5.74) is 15.1. The summed E-state index contributed by atoms with van der Waals surface area (Å²) < 4.78 is 0. The third-order valence-corrected chi connectivity index (χ3v) is 6.56. The van der Waals surface area contributed by atoms with Gasteiger partial charge < -0.3 is 5.73 Å². The van der Waals surface area contributed by atoms with Crippen LogP contribution in [0.2, 0.25) is 0 Å². The summed E-state index contributed by atoms with van der Waals surface area (Å²) in [6.45, 7) is 0. The Balaban J connectivity index is 1.58. The molecule has 154 valence electrons. The summed E-state index contributed by atoms with van der Waals surface area (Å²) in [6, 6.07) is 31.7. The quantitative estimate of drug-likeness (QED) is 0.177. The lowest BCUT2D eigenvalue weighted by atomic mass is 9.79. The van der Waals surface area contributed by atoms with Crippen LogP contribution in [0.5, 0.6) is 0 Å². The van der Waals surface area contributed by atoms with Crippen LogP contribution in [0, 0.1) is 0 Å². The molecule has 1 aliphatic rings. The highest BCUT2D eigenvalue weighted by molar-refractivity contribution is 7.80. The van der Waals surface area contributed by atoms with E-state index < -0.39 is 0 Å². The Kier molecular flexibility index (Phi) is 5.67. The van der Waals surface area contributed by atoms with Crippen molar-refractivity contribution < 1.29 is 0 Å². The van der Waals surface area contributed by atoms with E-state index in [0.717, 1.165) is 22.5 Å². The average molecular weight is 429 g/mol. The lowest BCUT2D eigenvalue weighted by Gasteiger charge is -2.23. The Morgan fingerprint density at radius 1 is 0.781 bits per heavy atom. The molecule has 0 amide bonds. The minimum Gasteiger partial charge on any atom is -0.399 e. The van der Waals surface area contributed by atoms with Gasteiger partial charge in [-0.05, 0) is 63.9 Å². The minimum atomic E-state index is 0.216. The zero-order valence-corrected chi connectivity index (χ0v) is 18.7. The van der Waals surface area contributed by atoms with Crippen molar-refractivity contribution in [3.8, 4) is 0 Å². The van der Waals surface area contributed by atoms with Crippen LogP contribution < -0.4 is 11.2 Å². The van der Waals surface area contributed by atoms with Gasteiger partial charge in [0.1, 0.15) is 7.85 Å². The molecule has 1 nitrogen and oxygen atoms in total. The van der Waals surface area contributed by atoms with E-state index in [4.69, 9.17) is 13.6 Å². The van der Waals surface area contributed by atoms with E-state index in [-0.39, 0.29) is 5.92 Å². The lowest BCUT2D eigenvalue weighted by molar-refractivity contribution is 0.656. The number of fused-ring (bicyclic) bond motifs is 1. The largest absolute Gasteiger partial charge is 0.399 e. The summed E-state index contributed by atoms with van der Waals surface area (Å²) in [7, 11) is 6.22. The van der Waals surface area contributed by atoms with E-state index >= 15 is 0 Å². The topological polar surface area (TPSA) is 26.0 Å². The molecular formula is C29H24BNS. The summed E-state index contributed by atoms with van der Waals surface area (Å²) in [5.74, 6) is 0.543. The van der Waals surface area contributed by atoms with Gasteiger partial charge >= 0.3 is 0 Å². The van der Waals surface area contributed by atoms with Gasteiger partial charge in [-0.3, -0.25) is 0 Å². The van der Waals surface area contributed by atoms with Gasteiger partial charge in [0.15, 0.2) is 0 Å². The number of nitrogen functional groups attached to an aromatic ring is 1. The molecule has 2 N–H and O–H groups in total. The van der Waals surface area contributed by atoms with Crippen molar-refractivity contribution in [3.05, 3.63) is 124 Å². The van der Waals surface area contributed by atoms with Crippen LogP contribution in [0.1, 0.15) is 45.2 Å². The number of benzene rings is 4. The number of thiol groups is 1. The highest BCUT2D eigenvalue weighted by Gasteiger charge is 2.34. The SMILES string of the molecule is [B]c1cc(S)cc(C2c3cc(/C=C/c4ccccc4)ccc3CC2c2ccc(N)cc2)c1. The second-order valence-electron chi connectivity index (χ2n) is 8.52. The second-order valence-corrected chi connectivity index (χ2v) is 9.03. The number of nitrogens with two attached hydrogens (primary N) is 1. The Labute approximate surface area is 196 Å². The molecule has 5 rings (SSSR count). The first-order valence-electron chi connectivity index (χ1n) is 10.9. The van der Waals surface area contributed by atoms with E-state index in [0.29, 0.717) is 5.92 Å². The molecule has 0 spiro atoms. The smallest absolute Gasteiger partial charge is 0.113 e. The van der Waals surface area contributed by atoms with Crippen molar-refractivity contribution in [2.24, 2.45) is 0 Å². The van der Waals surface area contributed by atoms with Crippen molar-refractivity contribution in [1.29, 1.82) is 0 Å². The molecule has 2 atom stereocenters. The van der Waals surface area contributed by atoms with E-state index in [1.807, 2.05) is 24.3 Å². The van der Waals surface area contributed by atoms with Crippen molar-refractivity contribution >= 4 is 43.8 Å². The molecule has 0 aromatic heterocycles. The maximum Gasteiger partial charge on any atom is 0.113 e. The molecule has 0 saturated carbocycles. The van der Waals surface area contributed by atoms with Gasteiger partial charge in [-0.1, -0.05) is 90.4 Å². The van der Waals surface area contributed by atoms with E-state index in [2.05, 4.69) is 91.5 Å². The molecule has 32 heavy (non-hydrogen) atoms. The summed E-state index contributed by atoms with van der Waals surface area (Å²) in [4.78, 5) is 0.893. The monoisotopic (exact) mass is 429 g/mol. The summed E-state index contributed by atoms with van der Waals surface area (Å²) >= 11 is 4.60. The molecular weight excluding hydrogens is 405 g/mol. The third-order valence-electron chi connectivity index (χ3n) is 6.30. The molecule has 2 radical (unpaired) electrons. The number of anilines is 1. The summed E-state index contributed by atoms with van der Waals surface area (Å²) in [5, 5.41) is 0. The van der Waals surface area contributed by atoms with Gasteiger partial charge in [-0.2, -0.15) is 0 Å². The van der Waals surface area contributed by atoms with Crippen molar-refractivity contribution in [3.63, 3.8) is 0 Å². The first kappa shape index (κ1) is 20.7. The third kappa shape index (κ3) is 4.26. The van der Waals surface area contributed by atoms with Crippen LogP contribution >= 0.6 is 12.6 Å².